The number of methoxy groups -OCH3 is 1. The summed E-state index contributed by atoms with van der Waals surface area (Å²) in [6.07, 6.45) is 4.28. The van der Waals surface area contributed by atoms with Gasteiger partial charge in [-0.15, -0.1) is 10.2 Å². The predicted molar refractivity (Wildman–Crippen MR) is 128 cm³/mol. The minimum atomic E-state index is -3.95. The summed E-state index contributed by atoms with van der Waals surface area (Å²) in [5, 5.41) is 11.8. The molecule has 0 aliphatic rings. The number of halogens is 1. The Morgan fingerprint density at radius 3 is 2.51 bits per heavy atom. The molecule has 0 spiro atoms. The van der Waals surface area contributed by atoms with Crippen molar-refractivity contribution in [3.05, 3.63) is 59.5 Å². The molecule has 184 valence electrons. The molecule has 12 nitrogen and oxygen atoms in total. The van der Waals surface area contributed by atoms with Crippen LogP contribution in [0.25, 0.3) is 11.5 Å². The van der Waals surface area contributed by atoms with Gasteiger partial charge in [-0.2, -0.15) is 0 Å². The van der Waals surface area contributed by atoms with Crippen LogP contribution in [0, 0.1) is 0 Å². The molecule has 4 heterocycles. The van der Waals surface area contributed by atoms with Gasteiger partial charge in [0.05, 0.1) is 23.4 Å². The zero-order valence-electron chi connectivity index (χ0n) is 19.3. The lowest BCUT2D eigenvalue weighted by Gasteiger charge is -2.21. The van der Waals surface area contributed by atoms with E-state index in [0.717, 1.165) is 0 Å². The molecule has 0 aromatic carbocycles. The van der Waals surface area contributed by atoms with Gasteiger partial charge in [0, 0.05) is 30.4 Å². The van der Waals surface area contributed by atoms with Crippen molar-refractivity contribution in [1.82, 2.24) is 34.9 Å². The van der Waals surface area contributed by atoms with Gasteiger partial charge in [-0.3, -0.25) is 9.29 Å². The Balaban J connectivity index is 1.72. The minimum Gasteiger partial charge on any atom is -0.481 e. The summed E-state index contributed by atoms with van der Waals surface area (Å²) in [7, 11) is -2.45. The number of nitrogens with zero attached hydrogens (tertiary/aromatic N) is 7. The van der Waals surface area contributed by atoms with E-state index in [-0.39, 0.29) is 5.95 Å². The molecule has 4 aromatic rings. The van der Waals surface area contributed by atoms with Crippen molar-refractivity contribution in [3.8, 4) is 17.4 Å². The molecule has 3 unspecified atom stereocenters. The van der Waals surface area contributed by atoms with Crippen molar-refractivity contribution in [2.75, 3.05) is 11.8 Å². The van der Waals surface area contributed by atoms with Crippen LogP contribution in [-0.4, -0.2) is 55.7 Å². The second kappa shape index (κ2) is 9.96. The molecule has 0 aliphatic carbocycles. The lowest BCUT2D eigenvalue weighted by molar-refractivity contribution is 0.397. The van der Waals surface area contributed by atoms with Crippen LogP contribution in [0.15, 0.2) is 47.4 Å². The molecule has 0 amide bonds. The first-order chi connectivity index (χ1) is 16.7. The average molecular weight is 519 g/mol. The number of sulfonamides is 1. The summed E-state index contributed by atoms with van der Waals surface area (Å²) in [5.74, 6) is 0.508. The van der Waals surface area contributed by atoms with Crippen LogP contribution < -0.4 is 9.46 Å². The number of hydrogen-bond donors (Lipinski definition) is 1. The average Bonchev–Trinajstić information content (AvgIpc) is 3.53. The molecule has 0 fully saturated rings. The number of aromatic nitrogens is 7. The number of rotatable bonds is 9. The van der Waals surface area contributed by atoms with E-state index in [1.54, 1.807) is 42.7 Å². The van der Waals surface area contributed by atoms with Gasteiger partial charge in [-0.25, -0.2) is 23.4 Å². The third kappa shape index (κ3) is 5.10. The molecule has 1 N–H and O–H groups in total. The lowest BCUT2D eigenvalue weighted by atomic mass is 10.1. The molecule has 35 heavy (non-hydrogen) atoms. The Bertz CT molecular complexity index is 1390. The first-order valence-electron chi connectivity index (χ1n) is 10.6. The largest absolute Gasteiger partial charge is 0.481 e. The van der Waals surface area contributed by atoms with Crippen LogP contribution in [0.4, 0.5) is 5.95 Å². The summed E-state index contributed by atoms with van der Waals surface area (Å²) < 4.78 is 41.1. The maximum atomic E-state index is 13.3. The van der Waals surface area contributed by atoms with Crippen molar-refractivity contribution in [2.45, 2.75) is 38.0 Å². The Hall–Kier alpha value is -3.58. The van der Waals surface area contributed by atoms with Crippen LogP contribution in [0.3, 0.4) is 0 Å². The third-order valence-electron chi connectivity index (χ3n) is 5.61. The highest BCUT2D eigenvalue weighted by Gasteiger charge is 2.32. The normalized spacial score (nSPS) is 14.3. The molecular formula is C21H23ClN8O4S. The summed E-state index contributed by atoms with van der Waals surface area (Å²) in [5.41, 5.74) is 0.985. The van der Waals surface area contributed by atoms with E-state index in [1.807, 2.05) is 6.92 Å². The Kier molecular flexibility index (Phi) is 6.98. The van der Waals surface area contributed by atoms with Crippen molar-refractivity contribution < 1.29 is 17.7 Å². The molecule has 0 aliphatic heterocycles. The number of anilines is 1. The van der Waals surface area contributed by atoms with Crippen LogP contribution in [0.2, 0.25) is 5.02 Å². The lowest BCUT2D eigenvalue weighted by Crippen LogP contribution is -2.32. The third-order valence-corrected chi connectivity index (χ3v) is 7.65. The van der Waals surface area contributed by atoms with Gasteiger partial charge in [0.25, 0.3) is 0 Å². The van der Waals surface area contributed by atoms with Crippen LogP contribution in [0.1, 0.15) is 44.2 Å². The quantitative estimate of drug-likeness (QED) is 0.349. The summed E-state index contributed by atoms with van der Waals surface area (Å²) in [6, 6.07) is 6.35. The molecule has 3 atom stereocenters. The van der Waals surface area contributed by atoms with E-state index in [1.165, 1.54) is 25.8 Å². The Morgan fingerprint density at radius 1 is 1.11 bits per heavy atom. The van der Waals surface area contributed by atoms with E-state index < -0.39 is 27.2 Å². The summed E-state index contributed by atoms with van der Waals surface area (Å²) in [6.45, 7) is 5.11. The van der Waals surface area contributed by atoms with E-state index in [0.29, 0.717) is 33.9 Å². The second-order valence-electron chi connectivity index (χ2n) is 7.78. The van der Waals surface area contributed by atoms with E-state index in [2.05, 4.69) is 35.0 Å². The van der Waals surface area contributed by atoms with Crippen molar-refractivity contribution in [2.24, 2.45) is 0 Å². The molecule has 0 radical (unpaired) electrons. The fourth-order valence-electron chi connectivity index (χ4n) is 3.38. The van der Waals surface area contributed by atoms with Gasteiger partial charge >= 0.3 is 0 Å². The zero-order chi connectivity index (χ0) is 25.2. The first-order valence-corrected chi connectivity index (χ1v) is 12.5. The van der Waals surface area contributed by atoms with Crippen molar-refractivity contribution >= 4 is 27.6 Å². The molecule has 0 saturated heterocycles. The van der Waals surface area contributed by atoms with Crippen LogP contribution in [0.5, 0.6) is 5.88 Å². The van der Waals surface area contributed by atoms with E-state index >= 15 is 0 Å². The Morgan fingerprint density at radius 2 is 1.86 bits per heavy atom. The fourth-order valence-corrected chi connectivity index (χ4v) is 4.72. The predicted octanol–water partition coefficient (Wildman–Crippen LogP) is 3.32. The van der Waals surface area contributed by atoms with E-state index in [9.17, 15) is 8.42 Å². The number of ether oxygens (including phenoxy) is 1. The van der Waals surface area contributed by atoms with Gasteiger partial charge in [-0.1, -0.05) is 29.7 Å². The van der Waals surface area contributed by atoms with E-state index in [4.69, 9.17) is 20.9 Å². The topological polar surface area (TPSA) is 151 Å². The fraction of sp³-hybridized carbons (Fsp3) is 0.333. The first kappa shape index (κ1) is 24.5. The summed E-state index contributed by atoms with van der Waals surface area (Å²) in [4.78, 5) is 12.7. The van der Waals surface area contributed by atoms with Gasteiger partial charge in [-0.05, 0) is 19.9 Å². The molecule has 0 saturated carbocycles. The second-order valence-corrected chi connectivity index (χ2v) is 10.3. The maximum Gasteiger partial charge on any atom is 0.239 e. The van der Waals surface area contributed by atoms with Crippen LogP contribution in [-0.2, 0) is 10.0 Å². The number of nitrogens with one attached hydrogen (secondary N) is 1. The molecule has 14 heteroatoms. The number of pyridine rings is 1. The van der Waals surface area contributed by atoms with Gasteiger partial charge in [0.1, 0.15) is 23.5 Å². The smallest absolute Gasteiger partial charge is 0.239 e. The van der Waals surface area contributed by atoms with Gasteiger partial charge < -0.3 is 9.26 Å². The Labute approximate surface area is 206 Å². The highest BCUT2D eigenvalue weighted by molar-refractivity contribution is 7.93. The van der Waals surface area contributed by atoms with Gasteiger partial charge in [0.15, 0.2) is 5.82 Å². The number of hydrogen-bond acceptors (Lipinski definition) is 10. The molecule has 4 aromatic heterocycles. The standard InChI is InChI=1S/C21H23ClN8O4S/c1-12(19-23-10-15(22)11-24-19)14(3)35(31,32)29-21-27-26-20(17-6-5-7-18(25-17)33-4)30(21)13(2)16-8-9-34-28-16/h5-14H,1-4H3,(H,27,29). The highest BCUT2D eigenvalue weighted by Crippen LogP contribution is 2.30. The molecule has 0 bridgehead atoms. The minimum absolute atomic E-state index is 0.00352. The zero-order valence-corrected chi connectivity index (χ0v) is 20.9. The highest BCUT2D eigenvalue weighted by atomic mass is 35.5. The van der Waals surface area contributed by atoms with Crippen LogP contribution >= 0.6 is 11.6 Å². The molecular weight excluding hydrogens is 496 g/mol. The van der Waals surface area contributed by atoms with Crippen molar-refractivity contribution in [1.29, 1.82) is 0 Å². The summed E-state index contributed by atoms with van der Waals surface area (Å²) >= 11 is 5.86. The monoisotopic (exact) mass is 518 g/mol. The molecule has 4 rings (SSSR count). The van der Waals surface area contributed by atoms with Gasteiger partial charge in [0.2, 0.25) is 21.9 Å². The maximum absolute atomic E-state index is 13.3. The SMILES string of the molecule is COc1cccc(-c2nnc(NS(=O)(=O)C(C)C(C)c3ncc(Cl)cn3)n2C(C)c2ccon2)n1. The van der Waals surface area contributed by atoms with Crippen molar-refractivity contribution in [3.63, 3.8) is 0 Å².